The van der Waals surface area contributed by atoms with E-state index in [0.717, 1.165) is 12.1 Å². The summed E-state index contributed by atoms with van der Waals surface area (Å²) in [6.07, 6.45) is 1.74. The molecule has 0 aliphatic heterocycles. The highest BCUT2D eigenvalue weighted by Crippen LogP contribution is 2.26. The molecule has 20 heavy (non-hydrogen) atoms. The van der Waals surface area contributed by atoms with Gasteiger partial charge in [-0.3, -0.25) is 0 Å². The van der Waals surface area contributed by atoms with Crippen molar-refractivity contribution in [1.29, 1.82) is 0 Å². The van der Waals surface area contributed by atoms with Crippen LogP contribution in [0.1, 0.15) is 17.4 Å². The number of nitrogens with zero attached hydrogens (tertiary/aromatic N) is 2. The predicted octanol–water partition coefficient (Wildman–Crippen LogP) is 2.83. The zero-order valence-electron chi connectivity index (χ0n) is 10.1. The molecule has 6 heteroatoms. The van der Waals surface area contributed by atoms with Gasteiger partial charge in [0.25, 0.3) is 0 Å². The monoisotopic (exact) mass is 278 g/mol. The van der Waals surface area contributed by atoms with Gasteiger partial charge in [-0.25, -0.2) is 18.2 Å². The van der Waals surface area contributed by atoms with Crippen LogP contribution in [0.2, 0.25) is 0 Å². The SMILES string of the molecule is OC(c1cn2ccccc2n1)c1ccc(F)c(F)c1F. The van der Waals surface area contributed by atoms with Crippen LogP contribution in [-0.2, 0) is 0 Å². The molecule has 0 aliphatic carbocycles. The highest BCUT2D eigenvalue weighted by molar-refractivity contribution is 5.41. The van der Waals surface area contributed by atoms with E-state index in [1.165, 1.54) is 6.20 Å². The molecule has 1 aromatic carbocycles. The van der Waals surface area contributed by atoms with Crippen LogP contribution in [0.15, 0.2) is 42.7 Å². The topological polar surface area (TPSA) is 37.5 Å². The van der Waals surface area contributed by atoms with E-state index in [0.29, 0.717) is 5.65 Å². The number of aromatic nitrogens is 2. The Balaban J connectivity index is 2.08. The Morgan fingerprint density at radius 3 is 2.60 bits per heavy atom. The van der Waals surface area contributed by atoms with Crippen molar-refractivity contribution in [3.05, 3.63) is 71.4 Å². The fraction of sp³-hybridized carbons (Fsp3) is 0.0714. The van der Waals surface area contributed by atoms with Crippen molar-refractivity contribution in [1.82, 2.24) is 9.38 Å². The Hall–Kier alpha value is -2.34. The summed E-state index contributed by atoms with van der Waals surface area (Å²) < 4.78 is 41.3. The first kappa shape index (κ1) is 12.7. The Kier molecular flexibility index (Phi) is 2.94. The lowest BCUT2D eigenvalue weighted by Crippen LogP contribution is -2.06. The van der Waals surface area contributed by atoms with E-state index in [-0.39, 0.29) is 11.3 Å². The zero-order chi connectivity index (χ0) is 14.3. The molecule has 0 spiro atoms. The van der Waals surface area contributed by atoms with Crippen LogP contribution in [-0.4, -0.2) is 14.5 Å². The molecule has 3 aromatic rings. The molecule has 0 saturated heterocycles. The normalized spacial score (nSPS) is 12.8. The van der Waals surface area contributed by atoms with E-state index in [1.54, 1.807) is 28.8 Å². The number of benzene rings is 1. The lowest BCUT2D eigenvalue weighted by molar-refractivity contribution is 0.208. The van der Waals surface area contributed by atoms with Crippen molar-refractivity contribution >= 4 is 5.65 Å². The molecule has 3 rings (SSSR count). The lowest BCUT2D eigenvalue weighted by atomic mass is 10.1. The maximum atomic E-state index is 13.6. The fourth-order valence-corrected chi connectivity index (χ4v) is 2.00. The standard InChI is InChI=1S/C14H9F3N2O/c15-9-5-4-8(12(16)13(9)17)14(20)10-7-19-6-2-1-3-11(19)18-10/h1-7,14,20H. The summed E-state index contributed by atoms with van der Waals surface area (Å²) in [5, 5.41) is 10.1. The van der Waals surface area contributed by atoms with Crippen LogP contribution in [0.3, 0.4) is 0 Å². The van der Waals surface area contributed by atoms with Crippen LogP contribution < -0.4 is 0 Å². The molecule has 0 fully saturated rings. The number of pyridine rings is 1. The first-order valence-corrected chi connectivity index (χ1v) is 5.83. The molecular formula is C14H9F3N2O. The van der Waals surface area contributed by atoms with Gasteiger partial charge in [0.1, 0.15) is 11.8 Å². The number of hydrogen-bond donors (Lipinski definition) is 1. The molecule has 102 valence electrons. The van der Waals surface area contributed by atoms with Gasteiger partial charge in [0.2, 0.25) is 0 Å². The molecule has 2 aromatic heterocycles. The number of rotatable bonds is 2. The van der Waals surface area contributed by atoms with Crippen molar-refractivity contribution in [2.75, 3.05) is 0 Å². The van der Waals surface area contributed by atoms with E-state index >= 15 is 0 Å². The van der Waals surface area contributed by atoms with Gasteiger partial charge in [-0.1, -0.05) is 6.07 Å². The molecule has 0 bridgehead atoms. The van der Waals surface area contributed by atoms with Gasteiger partial charge in [0.15, 0.2) is 17.5 Å². The smallest absolute Gasteiger partial charge is 0.194 e. The second-order valence-electron chi connectivity index (χ2n) is 4.30. The van der Waals surface area contributed by atoms with Crippen LogP contribution in [0, 0.1) is 17.5 Å². The second kappa shape index (κ2) is 4.64. The zero-order valence-corrected chi connectivity index (χ0v) is 10.1. The summed E-state index contributed by atoms with van der Waals surface area (Å²) >= 11 is 0. The molecule has 2 heterocycles. The van der Waals surface area contributed by atoms with Crippen molar-refractivity contribution in [2.24, 2.45) is 0 Å². The third-order valence-electron chi connectivity index (χ3n) is 3.02. The lowest BCUT2D eigenvalue weighted by Gasteiger charge is -2.09. The van der Waals surface area contributed by atoms with Gasteiger partial charge in [0, 0.05) is 18.0 Å². The first-order chi connectivity index (χ1) is 9.58. The Morgan fingerprint density at radius 2 is 1.85 bits per heavy atom. The van der Waals surface area contributed by atoms with Crippen molar-refractivity contribution in [2.45, 2.75) is 6.10 Å². The first-order valence-electron chi connectivity index (χ1n) is 5.83. The Bertz CT molecular complexity index is 752. The van der Waals surface area contributed by atoms with Gasteiger partial charge < -0.3 is 9.51 Å². The van der Waals surface area contributed by atoms with E-state index < -0.39 is 23.6 Å². The maximum Gasteiger partial charge on any atom is 0.194 e. The number of fused-ring (bicyclic) bond motifs is 1. The summed E-state index contributed by atoms with van der Waals surface area (Å²) in [4.78, 5) is 4.11. The van der Waals surface area contributed by atoms with E-state index in [2.05, 4.69) is 4.98 Å². The van der Waals surface area contributed by atoms with Gasteiger partial charge >= 0.3 is 0 Å². The molecule has 0 amide bonds. The van der Waals surface area contributed by atoms with Crippen LogP contribution in [0.25, 0.3) is 5.65 Å². The predicted molar refractivity (Wildman–Crippen MR) is 65.6 cm³/mol. The summed E-state index contributed by atoms with van der Waals surface area (Å²) in [6.45, 7) is 0. The quantitative estimate of drug-likeness (QED) is 0.732. The number of aliphatic hydroxyl groups is 1. The van der Waals surface area contributed by atoms with E-state index in [9.17, 15) is 18.3 Å². The van der Waals surface area contributed by atoms with Crippen LogP contribution in [0.4, 0.5) is 13.2 Å². The van der Waals surface area contributed by atoms with Gasteiger partial charge in [-0.15, -0.1) is 0 Å². The number of aliphatic hydroxyl groups excluding tert-OH is 1. The number of hydrogen-bond acceptors (Lipinski definition) is 2. The summed E-state index contributed by atoms with van der Waals surface area (Å²) in [7, 11) is 0. The Morgan fingerprint density at radius 1 is 1.05 bits per heavy atom. The average Bonchev–Trinajstić information content (AvgIpc) is 2.88. The molecule has 0 radical (unpaired) electrons. The van der Waals surface area contributed by atoms with Crippen molar-refractivity contribution in [3.63, 3.8) is 0 Å². The molecule has 1 N–H and O–H groups in total. The molecule has 3 nitrogen and oxygen atoms in total. The minimum absolute atomic E-state index is 0.154. The second-order valence-corrected chi connectivity index (χ2v) is 4.30. The summed E-state index contributed by atoms with van der Waals surface area (Å²) in [5.74, 6) is -4.31. The molecule has 1 unspecified atom stereocenters. The van der Waals surface area contributed by atoms with Crippen molar-refractivity contribution < 1.29 is 18.3 Å². The van der Waals surface area contributed by atoms with Crippen LogP contribution in [0.5, 0.6) is 0 Å². The van der Waals surface area contributed by atoms with Gasteiger partial charge in [-0.2, -0.15) is 0 Å². The van der Waals surface area contributed by atoms with E-state index in [4.69, 9.17) is 0 Å². The molecule has 0 saturated carbocycles. The highest BCUT2D eigenvalue weighted by Gasteiger charge is 2.22. The summed E-state index contributed by atoms with van der Waals surface area (Å²) in [6, 6.07) is 7.01. The van der Waals surface area contributed by atoms with Gasteiger partial charge in [0.05, 0.1) is 5.69 Å². The fourth-order valence-electron chi connectivity index (χ4n) is 2.00. The molecule has 1 atom stereocenters. The summed E-state index contributed by atoms with van der Waals surface area (Å²) in [5.41, 5.74) is 0.359. The Labute approximate surface area is 111 Å². The van der Waals surface area contributed by atoms with E-state index in [1.807, 2.05) is 0 Å². The molecule has 0 aliphatic rings. The maximum absolute atomic E-state index is 13.6. The average molecular weight is 278 g/mol. The molecular weight excluding hydrogens is 269 g/mol. The van der Waals surface area contributed by atoms with Crippen molar-refractivity contribution in [3.8, 4) is 0 Å². The third kappa shape index (κ3) is 1.94. The number of halogens is 3. The number of imidazole rings is 1. The largest absolute Gasteiger partial charge is 0.382 e. The van der Waals surface area contributed by atoms with Crippen LogP contribution >= 0.6 is 0 Å². The third-order valence-corrected chi connectivity index (χ3v) is 3.02. The minimum Gasteiger partial charge on any atom is -0.382 e. The minimum atomic E-state index is -1.61. The highest BCUT2D eigenvalue weighted by atomic mass is 19.2. The van der Waals surface area contributed by atoms with Gasteiger partial charge in [-0.05, 0) is 24.3 Å².